The number of carbonyl (C=O) groups excluding carboxylic acids is 2. The monoisotopic (exact) mass is 418 g/mol. The highest BCUT2D eigenvalue weighted by atomic mass is 35.5. The summed E-state index contributed by atoms with van der Waals surface area (Å²) in [5.74, 6) is -0.770. The second kappa shape index (κ2) is 8.29. The maximum Gasteiger partial charge on any atom is 0.266 e. The predicted octanol–water partition coefficient (Wildman–Crippen LogP) is 5.74. The molecule has 1 N–H and O–H groups in total. The Hall–Kier alpha value is -2.44. The summed E-state index contributed by atoms with van der Waals surface area (Å²) in [6.45, 7) is 6.80. The first-order chi connectivity index (χ1) is 13.3. The van der Waals surface area contributed by atoms with E-state index in [4.69, 9.17) is 11.6 Å². The van der Waals surface area contributed by atoms with E-state index in [-0.39, 0.29) is 22.7 Å². The zero-order valence-electron chi connectivity index (χ0n) is 15.8. The third-order valence-corrected chi connectivity index (χ3v) is 6.20. The van der Waals surface area contributed by atoms with Crippen molar-refractivity contribution in [3.05, 3.63) is 63.2 Å². The van der Waals surface area contributed by atoms with Crippen LogP contribution in [0.3, 0.4) is 0 Å². The van der Waals surface area contributed by atoms with Gasteiger partial charge in [-0.2, -0.15) is 0 Å². The number of benzene rings is 2. The number of carbonyl (C=O) groups is 2. The van der Waals surface area contributed by atoms with Gasteiger partial charge in [0.05, 0.1) is 15.5 Å². The van der Waals surface area contributed by atoms with Gasteiger partial charge in [0.25, 0.3) is 11.8 Å². The molecule has 0 fully saturated rings. The first kappa shape index (κ1) is 20.3. The van der Waals surface area contributed by atoms with Crippen LogP contribution in [0.15, 0.2) is 36.4 Å². The highest BCUT2D eigenvalue weighted by molar-refractivity contribution is 7.21. The van der Waals surface area contributed by atoms with Crippen LogP contribution in [0.5, 0.6) is 0 Å². The van der Waals surface area contributed by atoms with Gasteiger partial charge in [0.1, 0.15) is 5.82 Å². The Labute approximate surface area is 171 Å². The van der Waals surface area contributed by atoms with Crippen LogP contribution in [0.1, 0.15) is 39.4 Å². The molecular weight excluding hydrogens is 399 g/mol. The molecule has 1 aromatic heterocycles. The molecule has 0 bridgehead atoms. The molecule has 3 rings (SSSR count). The molecule has 0 radical (unpaired) electrons. The standard InChI is InChI=1S/C21H20ClFN2O2S/c1-4-25(5-2)21(27)15-8-7-14(11-17(15)22)24-20(26)19-12(3)16-10-13(23)6-9-18(16)28-19/h6-11H,4-5H2,1-3H3,(H,24,26). The van der Waals surface area contributed by atoms with Crippen molar-refractivity contribution in [3.8, 4) is 0 Å². The van der Waals surface area contributed by atoms with Crippen LogP contribution in [-0.2, 0) is 0 Å². The number of nitrogens with zero attached hydrogens (tertiary/aromatic N) is 1. The molecule has 146 valence electrons. The highest BCUT2D eigenvalue weighted by Crippen LogP contribution is 2.32. The van der Waals surface area contributed by atoms with Crippen LogP contribution in [-0.4, -0.2) is 29.8 Å². The van der Waals surface area contributed by atoms with Gasteiger partial charge in [-0.15, -0.1) is 11.3 Å². The minimum Gasteiger partial charge on any atom is -0.339 e. The van der Waals surface area contributed by atoms with E-state index in [1.165, 1.54) is 23.5 Å². The van der Waals surface area contributed by atoms with Gasteiger partial charge in [0.15, 0.2) is 0 Å². The third-order valence-electron chi connectivity index (χ3n) is 4.61. The second-order valence-corrected chi connectivity index (χ2v) is 7.78. The van der Waals surface area contributed by atoms with Crippen LogP contribution in [0.4, 0.5) is 10.1 Å². The van der Waals surface area contributed by atoms with Gasteiger partial charge < -0.3 is 10.2 Å². The van der Waals surface area contributed by atoms with Crippen LogP contribution < -0.4 is 5.32 Å². The van der Waals surface area contributed by atoms with E-state index in [1.807, 2.05) is 13.8 Å². The number of nitrogens with one attached hydrogen (secondary N) is 1. The van der Waals surface area contributed by atoms with E-state index >= 15 is 0 Å². The molecule has 2 amide bonds. The summed E-state index contributed by atoms with van der Waals surface area (Å²) in [7, 11) is 0. The molecule has 0 atom stereocenters. The quantitative estimate of drug-likeness (QED) is 0.574. The van der Waals surface area contributed by atoms with Gasteiger partial charge in [-0.05, 0) is 68.1 Å². The normalized spacial score (nSPS) is 10.9. The molecule has 0 unspecified atom stereocenters. The Morgan fingerprint density at radius 1 is 1.14 bits per heavy atom. The summed E-state index contributed by atoms with van der Waals surface area (Å²) in [6.07, 6.45) is 0. The number of anilines is 1. The molecule has 0 aliphatic rings. The summed E-state index contributed by atoms with van der Waals surface area (Å²) < 4.78 is 14.3. The SMILES string of the molecule is CCN(CC)C(=O)c1ccc(NC(=O)c2sc3ccc(F)cc3c2C)cc1Cl. The number of aryl methyl sites for hydroxylation is 1. The maximum absolute atomic E-state index is 13.5. The molecule has 0 aliphatic heterocycles. The van der Waals surface area contributed by atoms with E-state index in [0.29, 0.717) is 29.2 Å². The Morgan fingerprint density at radius 3 is 2.50 bits per heavy atom. The summed E-state index contributed by atoms with van der Waals surface area (Å²) in [4.78, 5) is 27.4. The molecule has 2 aromatic carbocycles. The van der Waals surface area contributed by atoms with Crippen molar-refractivity contribution in [2.75, 3.05) is 18.4 Å². The fourth-order valence-corrected chi connectivity index (χ4v) is 4.39. The predicted molar refractivity (Wildman–Crippen MR) is 113 cm³/mol. The molecule has 4 nitrogen and oxygen atoms in total. The number of hydrogen-bond acceptors (Lipinski definition) is 3. The maximum atomic E-state index is 13.5. The van der Waals surface area contributed by atoms with Gasteiger partial charge in [0, 0.05) is 23.5 Å². The highest BCUT2D eigenvalue weighted by Gasteiger charge is 2.19. The molecule has 7 heteroatoms. The minimum absolute atomic E-state index is 0.143. The van der Waals surface area contributed by atoms with Gasteiger partial charge in [-0.25, -0.2) is 4.39 Å². The summed E-state index contributed by atoms with van der Waals surface area (Å²) in [5, 5.41) is 3.82. The minimum atomic E-state index is -0.333. The van der Waals surface area contributed by atoms with E-state index < -0.39 is 0 Å². The average molecular weight is 419 g/mol. The summed E-state index contributed by atoms with van der Waals surface area (Å²) in [6, 6.07) is 9.32. The zero-order valence-corrected chi connectivity index (χ0v) is 17.4. The molecule has 0 saturated heterocycles. The molecule has 0 spiro atoms. The molecule has 28 heavy (non-hydrogen) atoms. The number of halogens is 2. The Bertz CT molecular complexity index is 1060. The van der Waals surface area contributed by atoms with E-state index in [2.05, 4.69) is 5.32 Å². The number of hydrogen-bond donors (Lipinski definition) is 1. The Kier molecular flexibility index (Phi) is 6.01. The van der Waals surface area contributed by atoms with Gasteiger partial charge in [-0.3, -0.25) is 9.59 Å². The molecule has 0 saturated carbocycles. The van der Waals surface area contributed by atoms with E-state index in [9.17, 15) is 14.0 Å². The first-order valence-corrected chi connectivity index (χ1v) is 10.1. The Balaban J connectivity index is 1.84. The van der Waals surface area contributed by atoms with E-state index in [1.54, 1.807) is 36.1 Å². The fourth-order valence-electron chi connectivity index (χ4n) is 3.05. The largest absolute Gasteiger partial charge is 0.339 e. The van der Waals surface area contributed by atoms with Crippen molar-refractivity contribution in [1.29, 1.82) is 0 Å². The second-order valence-electron chi connectivity index (χ2n) is 6.32. The molecule has 3 aromatic rings. The van der Waals surface area contributed by atoms with Gasteiger partial charge >= 0.3 is 0 Å². The van der Waals surface area contributed by atoms with Crippen molar-refractivity contribution >= 4 is 50.5 Å². The average Bonchev–Trinajstić information content (AvgIpc) is 2.99. The van der Waals surface area contributed by atoms with Crippen LogP contribution >= 0.6 is 22.9 Å². The van der Waals surface area contributed by atoms with Crippen LogP contribution in [0.2, 0.25) is 5.02 Å². The number of rotatable bonds is 5. The molecule has 1 heterocycles. The number of amides is 2. The lowest BCUT2D eigenvalue weighted by atomic mass is 10.1. The smallest absolute Gasteiger partial charge is 0.266 e. The lowest BCUT2D eigenvalue weighted by molar-refractivity contribution is 0.0773. The lowest BCUT2D eigenvalue weighted by Crippen LogP contribution is -2.30. The van der Waals surface area contributed by atoms with Crippen molar-refractivity contribution in [1.82, 2.24) is 4.90 Å². The number of fused-ring (bicyclic) bond motifs is 1. The third kappa shape index (κ3) is 3.88. The number of thiophene rings is 1. The van der Waals surface area contributed by atoms with Crippen LogP contribution in [0, 0.1) is 12.7 Å². The Morgan fingerprint density at radius 2 is 1.86 bits per heavy atom. The first-order valence-electron chi connectivity index (χ1n) is 8.94. The fraction of sp³-hybridized carbons (Fsp3) is 0.238. The summed E-state index contributed by atoms with van der Waals surface area (Å²) in [5.41, 5.74) is 1.63. The topological polar surface area (TPSA) is 49.4 Å². The van der Waals surface area contributed by atoms with E-state index in [0.717, 1.165) is 15.6 Å². The summed E-state index contributed by atoms with van der Waals surface area (Å²) >= 11 is 7.60. The van der Waals surface area contributed by atoms with Crippen molar-refractivity contribution in [2.45, 2.75) is 20.8 Å². The van der Waals surface area contributed by atoms with Crippen LogP contribution in [0.25, 0.3) is 10.1 Å². The molecule has 0 aliphatic carbocycles. The molecular formula is C21H20ClFN2O2S. The zero-order chi connectivity index (χ0) is 20.4. The van der Waals surface area contributed by atoms with Crippen molar-refractivity contribution < 1.29 is 14.0 Å². The van der Waals surface area contributed by atoms with Gasteiger partial charge in [-0.1, -0.05) is 11.6 Å². The van der Waals surface area contributed by atoms with Crippen molar-refractivity contribution in [3.63, 3.8) is 0 Å². The lowest BCUT2D eigenvalue weighted by Gasteiger charge is -2.19. The van der Waals surface area contributed by atoms with Gasteiger partial charge in [0.2, 0.25) is 0 Å². The van der Waals surface area contributed by atoms with Crippen molar-refractivity contribution in [2.24, 2.45) is 0 Å².